The minimum absolute atomic E-state index is 0.209. The fourth-order valence-electron chi connectivity index (χ4n) is 2.88. The summed E-state index contributed by atoms with van der Waals surface area (Å²) in [4.78, 5) is 2.33. The first kappa shape index (κ1) is 15.6. The van der Waals surface area contributed by atoms with E-state index in [1.54, 1.807) is 0 Å². The van der Waals surface area contributed by atoms with E-state index < -0.39 is 0 Å². The van der Waals surface area contributed by atoms with Crippen molar-refractivity contribution in [1.29, 1.82) is 0 Å². The summed E-state index contributed by atoms with van der Waals surface area (Å²) in [7, 11) is 0. The number of aliphatic hydroxyl groups is 1. The van der Waals surface area contributed by atoms with E-state index in [-0.39, 0.29) is 12.6 Å². The topological polar surface area (TPSA) is 35.5 Å². The van der Waals surface area contributed by atoms with Crippen molar-refractivity contribution in [3.8, 4) is 0 Å². The average molecular weight is 297 g/mol. The molecule has 0 radical (unpaired) electrons. The number of nitrogens with one attached hydrogen (secondary N) is 1. The lowest BCUT2D eigenvalue weighted by Crippen LogP contribution is -2.36. The molecule has 0 saturated carbocycles. The summed E-state index contributed by atoms with van der Waals surface area (Å²) < 4.78 is 0. The van der Waals surface area contributed by atoms with Gasteiger partial charge < -0.3 is 15.3 Å². The number of anilines is 1. The molecule has 1 aromatic carbocycles. The number of halogens is 1. The third-order valence-corrected chi connectivity index (χ3v) is 4.36. The summed E-state index contributed by atoms with van der Waals surface area (Å²) >= 11 is 6.14. The number of hydrogen-bond acceptors (Lipinski definition) is 3. The van der Waals surface area contributed by atoms with Crippen LogP contribution in [0.5, 0.6) is 0 Å². The molecule has 1 fully saturated rings. The summed E-state index contributed by atoms with van der Waals surface area (Å²) in [6, 6.07) is 6.71. The first-order valence-corrected chi connectivity index (χ1v) is 7.80. The van der Waals surface area contributed by atoms with Gasteiger partial charge in [0.25, 0.3) is 0 Å². The Balaban J connectivity index is 2.26. The highest BCUT2D eigenvalue weighted by Gasteiger charge is 2.31. The van der Waals surface area contributed by atoms with Gasteiger partial charge in [0.05, 0.1) is 12.6 Å². The summed E-state index contributed by atoms with van der Waals surface area (Å²) in [6.07, 6.45) is 1.13. The average Bonchev–Trinajstić information content (AvgIpc) is 2.77. The molecule has 0 aliphatic carbocycles. The lowest BCUT2D eigenvalue weighted by molar-refractivity contribution is 0.244. The molecule has 1 saturated heterocycles. The van der Waals surface area contributed by atoms with Gasteiger partial charge in [0.2, 0.25) is 0 Å². The van der Waals surface area contributed by atoms with Gasteiger partial charge in [-0.25, -0.2) is 0 Å². The van der Waals surface area contributed by atoms with Crippen LogP contribution in [-0.4, -0.2) is 30.3 Å². The van der Waals surface area contributed by atoms with Crippen molar-refractivity contribution in [1.82, 2.24) is 5.32 Å². The normalized spacial score (nSPS) is 22.8. The SMILES string of the molecule is CC(C)NCc1cc(Cl)ccc1N1CCC(C)C1CO. The van der Waals surface area contributed by atoms with Crippen LogP contribution in [0.15, 0.2) is 18.2 Å². The minimum atomic E-state index is 0.209. The maximum absolute atomic E-state index is 9.65. The van der Waals surface area contributed by atoms with Crippen molar-refractivity contribution in [2.45, 2.75) is 45.8 Å². The lowest BCUT2D eigenvalue weighted by atomic mass is 10.0. The molecule has 3 nitrogen and oxygen atoms in total. The quantitative estimate of drug-likeness (QED) is 0.877. The number of benzene rings is 1. The smallest absolute Gasteiger partial charge is 0.0637 e. The van der Waals surface area contributed by atoms with Gasteiger partial charge in [-0.2, -0.15) is 0 Å². The maximum Gasteiger partial charge on any atom is 0.0637 e. The van der Waals surface area contributed by atoms with Crippen LogP contribution in [0.2, 0.25) is 5.02 Å². The highest BCUT2D eigenvalue weighted by Crippen LogP contribution is 2.33. The molecule has 2 rings (SSSR count). The molecule has 1 aromatic rings. The second-order valence-corrected chi connectivity index (χ2v) is 6.45. The van der Waals surface area contributed by atoms with Crippen molar-refractivity contribution in [2.24, 2.45) is 5.92 Å². The largest absolute Gasteiger partial charge is 0.394 e. The number of rotatable bonds is 5. The van der Waals surface area contributed by atoms with Gasteiger partial charge in [0.1, 0.15) is 0 Å². The lowest BCUT2D eigenvalue weighted by Gasteiger charge is -2.29. The summed E-state index contributed by atoms with van der Waals surface area (Å²) in [5.41, 5.74) is 2.41. The Bertz CT molecular complexity index is 450. The number of hydrogen-bond donors (Lipinski definition) is 2. The Morgan fingerprint density at radius 1 is 1.45 bits per heavy atom. The van der Waals surface area contributed by atoms with Gasteiger partial charge in [0.15, 0.2) is 0 Å². The standard InChI is InChI=1S/C16H25ClN2O/c1-11(2)18-9-13-8-14(17)4-5-15(13)19-7-6-12(3)16(19)10-20/h4-5,8,11-12,16,18,20H,6-7,9-10H2,1-3H3. The van der Waals surface area contributed by atoms with Crippen molar-refractivity contribution < 1.29 is 5.11 Å². The van der Waals surface area contributed by atoms with Crippen LogP contribution >= 0.6 is 11.6 Å². The maximum atomic E-state index is 9.65. The molecule has 0 aromatic heterocycles. The van der Waals surface area contributed by atoms with Gasteiger partial charge in [-0.3, -0.25) is 0 Å². The fourth-order valence-corrected chi connectivity index (χ4v) is 3.07. The molecule has 2 atom stereocenters. The highest BCUT2D eigenvalue weighted by atomic mass is 35.5. The molecule has 1 heterocycles. The molecule has 0 spiro atoms. The third kappa shape index (κ3) is 3.46. The van der Waals surface area contributed by atoms with E-state index in [0.717, 1.165) is 24.5 Å². The van der Waals surface area contributed by atoms with Crippen molar-refractivity contribution in [2.75, 3.05) is 18.1 Å². The molecule has 0 amide bonds. The molecule has 2 unspecified atom stereocenters. The van der Waals surface area contributed by atoms with Crippen molar-refractivity contribution in [3.05, 3.63) is 28.8 Å². The Morgan fingerprint density at radius 2 is 2.20 bits per heavy atom. The molecule has 2 N–H and O–H groups in total. The minimum Gasteiger partial charge on any atom is -0.394 e. The molecule has 0 bridgehead atoms. The molecule has 4 heteroatoms. The summed E-state index contributed by atoms with van der Waals surface area (Å²) in [6.45, 7) is 8.50. The Hall–Kier alpha value is -0.770. The fraction of sp³-hybridized carbons (Fsp3) is 0.625. The molecular formula is C16H25ClN2O. The van der Waals surface area contributed by atoms with Crippen LogP contribution in [0.1, 0.15) is 32.8 Å². The van der Waals surface area contributed by atoms with E-state index in [1.807, 2.05) is 12.1 Å². The summed E-state index contributed by atoms with van der Waals surface area (Å²) in [5, 5.41) is 13.9. The van der Waals surface area contributed by atoms with Crippen molar-refractivity contribution >= 4 is 17.3 Å². The van der Waals surface area contributed by atoms with Gasteiger partial charge >= 0.3 is 0 Å². The monoisotopic (exact) mass is 296 g/mol. The van der Waals surface area contributed by atoms with Gasteiger partial charge in [-0.1, -0.05) is 32.4 Å². The van der Waals surface area contributed by atoms with Crippen LogP contribution in [0.3, 0.4) is 0 Å². The van der Waals surface area contributed by atoms with Crippen LogP contribution in [-0.2, 0) is 6.54 Å². The molecule has 20 heavy (non-hydrogen) atoms. The van der Waals surface area contributed by atoms with E-state index in [0.29, 0.717) is 12.0 Å². The zero-order valence-electron chi connectivity index (χ0n) is 12.6. The number of nitrogens with zero attached hydrogens (tertiary/aromatic N) is 1. The summed E-state index contributed by atoms with van der Waals surface area (Å²) in [5.74, 6) is 0.529. The first-order chi connectivity index (χ1) is 9.52. The predicted molar refractivity (Wildman–Crippen MR) is 85.4 cm³/mol. The number of aliphatic hydroxyl groups excluding tert-OH is 1. The second-order valence-electron chi connectivity index (χ2n) is 6.02. The van der Waals surface area contributed by atoms with E-state index in [1.165, 1.54) is 11.3 Å². The van der Waals surface area contributed by atoms with E-state index in [4.69, 9.17) is 11.6 Å². The van der Waals surface area contributed by atoms with E-state index in [9.17, 15) is 5.11 Å². The van der Waals surface area contributed by atoms with E-state index in [2.05, 4.69) is 37.1 Å². The van der Waals surface area contributed by atoms with Crippen LogP contribution in [0.4, 0.5) is 5.69 Å². The third-order valence-electron chi connectivity index (χ3n) is 4.12. The van der Waals surface area contributed by atoms with Gasteiger partial charge in [-0.05, 0) is 36.1 Å². The molecule has 1 aliphatic heterocycles. The van der Waals surface area contributed by atoms with Crippen LogP contribution in [0.25, 0.3) is 0 Å². The highest BCUT2D eigenvalue weighted by molar-refractivity contribution is 6.30. The Morgan fingerprint density at radius 3 is 2.85 bits per heavy atom. The van der Waals surface area contributed by atoms with Crippen molar-refractivity contribution in [3.63, 3.8) is 0 Å². The second kappa shape index (κ2) is 6.79. The van der Waals surface area contributed by atoms with Gasteiger partial charge in [0, 0.05) is 29.8 Å². The van der Waals surface area contributed by atoms with E-state index >= 15 is 0 Å². The van der Waals surface area contributed by atoms with Crippen LogP contribution in [0, 0.1) is 5.92 Å². The Labute approximate surface area is 126 Å². The zero-order chi connectivity index (χ0) is 14.7. The molecular weight excluding hydrogens is 272 g/mol. The Kier molecular flexibility index (Phi) is 5.30. The molecule has 1 aliphatic rings. The zero-order valence-corrected chi connectivity index (χ0v) is 13.3. The predicted octanol–water partition coefficient (Wildman–Crippen LogP) is 3.05. The van der Waals surface area contributed by atoms with Crippen LogP contribution < -0.4 is 10.2 Å². The van der Waals surface area contributed by atoms with Gasteiger partial charge in [-0.15, -0.1) is 0 Å². The first-order valence-electron chi connectivity index (χ1n) is 7.42. The molecule has 112 valence electrons.